The van der Waals surface area contributed by atoms with Crippen molar-refractivity contribution in [2.45, 2.75) is 25.6 Å². The largest absolute Gasteiger partial charge is 0.489 e. The van der Waals surface area contributed by atoms with Gasteiger partial charge in [0.05, 0.1) is 5.56 Å². The van der Waals surface area contributed by atoms with Gasteiger partial charge in [0.2, 0.25) is 0 Å². The maximum atomic E-state index is 12.1. The minimum absolute atomic E-state index is 0.135. The molecule has 0 saturated carbocycles. The van der Waals surface area contributed by atoms with Crippen molar-refractivity contribution >= 4 is 17.6 Å². The second-order valence-electron chi connectivity index (χ2n) is 6.16. The van der Waals surface area contributed by atoms with Crippen LogP contribution in [0.5, 0.6) is 5.75 Å². The summed E-state index contributed by atoms with van der Waals surface area (Å²) < 4.78 is 11.0. The molecule has 3 N–H and O–H groups in total. The number of aliphatic carboxylic acids is 1. The molecule has 2 aromatic rings. The molecule has 0 radical (unpaired) electrons. The molecule has 1 aliphatic heterocycles. The first-order valence-corrected chi connectivity index (χ1v) is 8.79. The van der Waals surface area contributed by atoms with Gasteiger partial charge in [-0.3, -0.25) is 4.79 Å². The van der Waals surface area contributed by atoms with Gasteiger partial charge in [-0.2, -0.15) is 0 Å². The van der Waals surface area contributed by atoms with Crippen LogP contribution >= 0.6 is 0 Å². The molecule has 1 amide bonds. The molecule has 3 rings (SSSR count). The van der Waals surface area contributed by atoms with Crippen LogP contribution in [-0.2, 0) is 16.0 Å². The quantitative estimate of drug-likeness (QED) is 0.660. The number of para-hydroxylation sites is 1. The Morgan fingerprint density at radius 1 is 1.15 bits per heavy atom. The first kappa shape index (κ1) is 18.7. The molecule has 27 heavy (non-hydrogen) atoms. The molecule has 1 aliphatic rings. The third kappa shape index (κ3) is 4.77. The summed E-state index contributed by atoms with van der Waals surface area (Å²) >= 11 is 0. The molecule has 0 aromatic heterocycles. The number of benzene rings is 2. The number of carboxylic acid groups (broad SMARTS) is 1. The number of fused-ring (bicyclic) bond motifs is 1. The van der Waals surface area contributed by atoms with Crippen LogP contribution in [-0.4, -0.2) is 42.5 Å². The maximum Gasteiger partial charge on any atom is 0.333 e. The van der Waals surface area contributed by atoms with Gasteiger partial charge in [0.15, 0.2) is 6.10 Å². The fourth-order valence-corrected chi connectivity index (χ4v) is 2.88. The number of hydrogen-bond donors (Lipinski definition) is 3. The number of anilines is 1. The van der Waals surface area contributed by atoms with E-state index in [-0.39, 0.29) is 18.7 Å². The van der Waals surface area contributed by atoms with Gasteiger partial charge >= 0.3 is 5.97 Å². The SMILES string of the molecule is CCO[C@@H](Cc1ccc(OCC2NC(=O)c3ccccc3N2)cc1)C(=O)O. The summed E-state index contributed by atoms with van der Waals surface area (Å²) in [7, 11) is 0. The Kier molecular flexibility index (Phi) is 5.93. The zero-order valence-corrected chi connectivity index (χ0v) is 15.0. The Hall–Kier alpha value is -3.06. The van der Waals surface area contributed by atoms with E-state index in [9.17, 15) is 9.59 Å². The van der Waals surface area contributed by atoms with E-state index >= 15 is 0 Å². The fourth-order valence-electron chi connectivity index (χ4n) is 2.88. The lowest BCUT2D eigenvalue weighted by Crippen LogP contribution is -2.48. The van der Waals surface area contributed by atoms with E-state index < -0.39 is 12.1 Å². The van der Waals surface area contributed by atoms with Gasteiger partial charge in [-0.1, -0.05) is 24.3 Å². The summed E-state index contributed by atoms with van der Waals surface area (Å²) in [6.45, 7) is 2.38. The standard InChI is InChI=1S/C20H22N2O5/c1-2-26-17(20(24)25)11-13-7-9-14(10-8-13)27-12-18-21-16-6-4-3-5-15(16)19(23)22-18/h3-10,17-18,21H,2,11-12H2,1H3,(H,22,23)(H,24,25)/t17-,18?/m0/s1. The number of carboxylic acids is 1. The molecule has 0 fully saturated rings. The molecule has 1 heterocycles. The molecule has 7 heteroatoms. The molecule has 2 atom stereocenters. The molecule has 0 aliphatic carbocycles. The predicted molar refractivity (Wildman–Crippen MR) is 100 cm³/mol. The summed E-state index contributed by atoms with van der Waals surface area (Å²) in [5.74, 6) is -0.475. The van der Waals surface area contributed by atoms with Gasteiger partial charge in [0, 0.05) is 18.7 Å². The van der Waals surface area contributed by atoms with Crippen molar-refractivity contribution in [2.75, 3.05) is 18.5 Å². The van der Waals surface area contributed by atoms with Crippen LogP contribution in [0.15, 0.2) is 48.5 Å². The normalized spacial score (nSPS) is 16.6. The monoisotopic (exact) mass is 370 g/mol. The lowest BCUT2D eigenvalue weighted by atomic mass is 10.1. The highest BCUT2D eigenvalue weighted by Gasteiger charge is 2.23. The van der Waals surface area contributed by atoms with Crippen molar-refractivity contribution in [3.63, 3.8) is 0 Å². The molecule has 142 valence electrons. The van der Waals surface area contributed by atoms with E-state index in [0.717, 1.165) is 11.3 Å². The molecule has 1 unspecified atom stereocenters. The Balaban J connectivity index is 1.55. The Bertz CT molecular complexity index is 806. The van der Waals surface area contributed by atoms with Crippen molar-refractivity contribution in [1.82, 2.24) is 5.32 Å². The fraction of sp³-hybridized carbons (Fsp3) is 0.300. The van der Waals surface area contributed by atoms with Gasteiger partial charge in [-0.05, 0) is 36.8 Å². The van der Waals surface area contributed by atoms with Crippen molar-refractivity contribution in [3.05, 3.63) is 59.7 Å². The van der Waals surface area contributed by atoms with Gasteiger partial charge in [0.1, 0.15) is 18.5 Å². The minimum atomic E-state index is -0.975. The molecular formula is C20H22N2O5. The van der Waals surface area contributed by atoms with E-state index in [4.69, 9.17) is 14.6 Å². The first-order valence-electron chi connectivity index (χ1n) is 8.79. The van der Waals surface area contributed by atoms with Crippen LogP contribution < -0.4 is 15.4 Å². The third-order valence-corrected chi connectivity index (χ3v) is 4.21. The van der Waals surface area contributed by atoms with E-state index in [1.807, 2.05) is 30.3 Å². The number of carbonyl (C=O) groups is 2. The molecular weight excluding hydrogens is 348 g/mol. The smallest absolute Gasteiger partial charge is 0.333 e. The number of ether oxygens (including phenoxy) is 2. The zero-order chi connectivity index (χ0) is 19.2. The van der Waals surface area contributed by atoms with Crippen molar-refractivity contribution in [1.29, 1.82) is 0 Å². The van der Waals surface area contributed by atoms with Crippen LogP contribution in [0.3, 0.4) is 0 Å². The number of hydrogen-bond acceptors (Lipinski definition) is 5. The Morgan fingerprint density at radius 3 is 2.59 bits per heavy atom. The minimum Gasteiger partial charge on any atom is -0.489 e. The second kappa shape index (κ2) is 8.55. The van der Waals surface area contributed by atoms with Crippen LogP contribution in [0, 0.1) is 0 Å². The topological polar surface area (TPSA) is 96.9 Å². The number of amides is 1. The Morgan fingerprint density at radius 2 is 1.89 bits per heavy atom. The van der Waals surface area contributed by atoms with E-state index in [2.05, 4.69) is 10.6 Å². The van der Waals surface area contributed by atoms with Gasteiger partial charge in [0.25, 0.3) is 5.91 Å². The summed E-state index contributed by atoms with van der Waals surface area (Å²) in [5.41, 5.74) is 2.24. The summed E-state index contributed by atoms with van der Waals surface area (Å²) in [5, 5.41) is 15.2. The molecule has 0 bridgehead atoms. The van der Waals surface area contributed by atoms with Crippen LogP contribution in [0.2, 0.25) is 0 Å². The number of nitrogens with one attached hydrogen (secondary N) is 2. The van der Waals surface area contributed by atoms with Crippen molar-refractivity contribution in [2.24, 2.45) is 0 Å². The highest BCUT2D eigenvalue weighted by molar-refractivity contribution is 6.01. The molecule has 0 spiro atoms. The molecule has 2 aromatic carbocycles. The van der Waals surface area contributed by atoms with Crippen molar-refractivity contribution < 1.29 is 24.2 Å². The average molecular weight is 370 g/mol. The lowest BCUT2D eigenvalue weighted by Gasteiger charge is -2.27. The summed E-state index contributed by atoms with van der Waals surface area (Å²) in [4.78, 5) is 23.3. The number of carbonyl (C=O) groups excluding carboxylic acids is 1. The third-order valence-electron chi connectivity index (χ3n) is 4.21. The predicted octanol–water partition coefficient (Wildman–Crippen LogP) is 2.28. The Labute approximate surface area is 157 Å². The van der Waals surface area contributed by atoms with E-state index in [1.54, 1.807) is 25.1 Å². The lowest BCUT2D eigenvalue weighted by molar-refractivity contribution is -0.149. The van der Waals surface area contributed by atoms with E-state index in [1.165, 1.54) is 0 Å². The second-order valence-corrected chi connectivity index (χ2v) is 6.16. The molecule has 0 saturated heterocycles. The number of rotatable bonds is 8. The summed E-state index contributed by atoms with van der Waals surface area (Å²) in [6, 6.07) is 14.5. The van der Waals surface area contributed by atoms with Gasteiger partial charge < -0.3 is 25.2 Å². The summed E-state index contributed by atoms with van der Waals surface area (Å²) in [6.07, 6.45) is -0.898. The zero-order valence-electron chi connectivity index (χ0n) is 15.0. The van der Waals surface area contributed by atoms with Gasteiger partial charge in [-0.15, -0.1) is 0 Å². The van der Waals surface area contributed by atoms with E-state index in [0.29, 0.717) is 24.3 Å². The average Bonchev–Trinajstić information content (AvgIpc) is 2.67. The highest BCUT2D eigenvalue weighted by atomic mass is 16.5. The first-order chi connectivity index (χ1) is 13.1. The van der Waals surface area contributed by atoms with Crippen LogP contribution in [0.1, 0.15) is 22.8 Å². The van der Waals surface area contributed by atoms with Gasteiger partial charge in [-0.25, -0.2) is 4.79 Å². The van der Waals surface area contributed by atoms with Crippen LogP contribution in [0.25, 0.3) is 0 Å². The maximum absolute atomic E-state index is 12.1. The molecule has 7 nitrogen and oxygen atoms in total. The van der Waals surface area contributed by atoms with Crippen LogP contribution in [0.4, 0.5) is 5.69 Å². The van der Waals surface area contributed by atoms with Crippen molar-refractivity contribution in [3.8, 4) is 5.75 Å². The highest BCUT2D eigenvalue weighted by Crippen LogP contribution is 2.20.